The van der Waals surface area contributed by atoms with Crippen LogP contribution in [0.15, 0.2) is 47.6 Å². The molecule has 1 aliphatic carbocycles. The van der Waals surface area contributed by atoms with Crippen LogP contribution in [0.3, 0.4) is 0 Å². The van der Waals surface area contributed by atoms with Crippen LogP contribution in [0, 0.1) is 0 Å². The number of aromatic nitrogens is 3. The Bertz CT molecular complexity index is 1530. The van der Waals surface area contributed by atoms with Crippen molar-refractivity contribution in [1.29, 1.82) is 0 Å². The summed E-state index contributed by atoms with van der Waals surface area (Å²) in [4.78, 5) is 3.01. The first kappa shape index (κ1) is 26.5. The van der Waals surface area contributed by atoms with E-state index in [-0.39, 0.29) is 5.41 Å². The van der Waals surface area contributed by atoms with E-state index in [2.05, 4.69) is 40.2 Å². The van der Waals surface area contributed by atoms with Crippen LogP contribution in [-0.4, -0.2) is 65.4 Å². The Morgan fingerprint density at radius 1 is 1.18 bits per heavy atom. The molecule has 1 atom stereocenters. The number of anilines is 1. The molecule has 8 nitrogen and oxygen atoms in total. The maximum absolute atomic E-state index is 14.1. The minimum Gasteiger partial charge on any atom is -0.379 e. The molecule has 4 aliphatic rings. The third-order valence-corrected chi connectivity index (χ3v) is 12.0. The van der Waals surface area contributed by atoms with Crippen molar-refractivity contribution in [1.82, 2.24) is 19.7 Å². The molecule has 0 spiro atoms. The third-order valence-electron chi connectivity index (χ3n) is 8.94. The molecular weight excluding hydrogens is 542 g/mol. The normalized spacial score (nSPS) is 23.9. The predicted octanol–water partition coefficient (Wildman–Crippen LogP) is 4.24. The fourth-order valence-electron chi connectivity index (χ4n) is 6.51. The second-order valence-electron chi connectivity index (χ2n) is 12.1. The van der Waals surface area contributed by atoms with Gasteiger partial charge in [-0.25, -0.2) is 8.42 Å². The second-order valence-corrected chi connectivity index (χ2v) is 15.5. The molecule has 0 bridgehead atoms. The zero-order valence-electron chi connectivity index (χ0n) is 23.3. The minimum atomic E-state index is -3.66. The summed E-state index contributed by atoms with van der Waals surface area (Å²) in [5, 5.41) is 8.94. The Kier molecular flexibility index (Phi) is 6.72. The van der Waals surface area contributed by atoms with E-state index >= 15 is 0 Å². The van der Waals surface area contributed by atoms with Gasteiger partial charge in [-0.2, -0.15) is 11.8 Å². The van der Waals surface area contributed by atoms with Gasteiger partial charge in [0.1, 0.15) is 12.2 Å². The lowest BCUT2D eigenvalue weighted by molar-refractivity contribution is -0.0611. The number of ether oxygens (including phenoxy) is 1. The van der Waals surface area contributed by atoms with Gasteiger partial charge in [0.05, 0.1) is 30.3 Å². The van der Waals surface area contributed by atoms with Gasteiger partial charge in [0.25, 0.3) is 10.0 Å². The van der Waals surface area contributed by atoms with Gasteiger partial charge in [-0.05, 0) is 77.9 Å². The molecule has 0 unspecified atom stereocenters. The molecule has 40 heavy (non-hydrogen) atoms. The van der Waals surface area contributed by atoms with Gasteiger partial charge >= 0.3 is 0 Å². The molecule has 7 rings (SSSR count). The summed E-state index contributed by atoms with van der Waals surface area (Å²) in [6.45, 7) is 6.79. The highest BCUT2D eigenvalue weighted by molar-refractivity contribution is 7.99. The highest BCUT2D eigenvalue weighted by Gasteiger charge is 2.44. The van der Waals surface area contributed by atoms with Gasteiger partial charge in [0.15, 0.2) is 0 Å². The molecule has 212 valence electrons. The van der Waals surface area contributed by atoms with Crippen LogP contribution in [0.25, 0.3) is 0 Å². The number of aryl methyl sites for hydroxylation is 1. The first-order chi connectivity index (χ1) is 19.3. The SMILES string of the molecule is C[C@@H]1CN(Cc2cc(C3CC3)c3c(c2)S(=O)(=O)N(c2cccc(C4(Cc5nncn5C)COC4)c2)C3)CCCS1. The smallest absolute Gasteiger partial charge is 0.264 e. The molecule has 4 heterocycles. The molecule has 3 aliphatic heterocycles. The molecule has 1 aromatic heterocycles. The zero-order chi connectivity index (χ0) is 27.5. The van der Waals surface area contributed by atoms with Crippen molar-refractivity contribution in [3.63, 3.8) is 0 Å². The van der Waals surface area contributed by atoms with Crippen molar-refractivity contribution in [2.24, 2.45) is 7.05 Å². The molecule has 10 heteroatoms. The largest absolute Gasteiger partial charge is 0.379 e. The Hall–Kier alpha value is -2.40. The third kappa shape index (κ3) is 4.76. The number of rotatable bonds is 7. The molecule has 3 fully saturated rings. The summed E-state index contributed by atoms with van der Waals surface area (Å²) < 4.78 is 37.5. The fraction of sp³-hybridized carbons (Fsp3) is 0.533. The van der Waals surface area contributed by atoms with Crippen molar-refractivity contribution < 1.29 is 13.2 Å². The highest BCUT2D eigenvalue weighted by Crippen LogP contribution is 2.48. The topological polar surface area (TPSA) is 80.6 Å². The Morgan fingerprint density at radius 2 is 2.02 bits per heavy atom. The Labute approximate surface area is 241 Å². The lowest BCUT2D eigenvalue weighted by atomic mass is 9.75. The summed E-state index contributed by atoms with van der Waals surface area (Å²) >= 11 is 2.04. The molecular formula is C30H37N5O3S2. The van der Waals surface area contributed by atoms with E-state index in [1.54, 1.807) is 10.6 Å². The van der Waals surface area contributed by atoms with Crippen LogP contribution in [0.4, 0.5) is 5.69 Å². The monoisotopic (exact) mass is 579 g/mol. The van der Waals surface area contributed by atoms with Crippen LogP contribution < -0.4 is 4.31 Å². The first-order valence-electron chi connectivity index (χ1n) is 14.4. The van der Waals surface area contributed by atoms with Crippen LogP contribution >= 0.6 is 11.8 Å². The van der Waals surface area contributed by atoms with Crippen molar-refractivity contribution in [2.45, 2.75) is 67.2 Å². The van der Waals surface area contributed by atoms with E-state index in [1.807, 2.05) is 41.6 Å². The maximum atomic E-state index is 14.1. The van der Waals surface area contributed by atoms with Crippen LogP contribution in [0.5, 0.6) is 0 Å². The van der Waals surface area contributed by atoms with E-state index in [0.717, 1.165) is 60.7 Å². The van der Waals surface area contributed by atoms with E-state index in [1.165, 1.54) is 17.7 Å². The van der Waals surface area contributed by atoms with Crippen LogP contribution in [-0.2, 0) is 46.7 Å². The van der Waals surface area contributed by atoms with Gasteiger partial charge in [-0.1, -0.05) is 25.1 Å². The van der Waals surface area contributed by atoms with E-state index in [0.29, 0.717) is 42.2 Å². The maximum Gasteiger partial charge on any atom is 0.264 e. The van der Waals surface area contributed by atoms with Gasteiger partial charge in [-0.15, -0.1) is 10.2 Å². The molecule has 1 saturated carbocycles. The zero-order valence-corrected chi connectivity index (χ0v) is 24.9. The van der Waals surface area contributed by atoms with Crippen molar-refractivity contribution in [3.8, 4) is 0 Å². The summed E-state index contributed by atoms with van der Waals surface area (Å²) in [7, 11) is -1.71. The highest BCUT2D eigenvalue weighted by atomic mass is 32.2. The van der Waals surface area contributed by atoms with Crippen molar-refractivity contribution >= 4 is 27.5 Å². The van der Waals surface area contributed by atoms with Crippen LogP contribution in [0.1, 0.15) is 60.2 Å². The average molecular weight is 580 g/mol. The molecule has 0 radical (unpaired) electrons. The molecule has 2 saturated heterocycles. The van der Waals surface area contributed by atoms with E-state index < -0.39 is 10.0 Å². The van der Waals surface area contributed by atoms with Crippen molar-refractivity contribution in [2.75, 3.05) is 36.4 Å². The number of hydrogen-bond acceptors (Lipinski definition) is 7. The standard InChI is InChI=1S/C30H37N5O3S2/c1-21-15-34(9-4-10-39-21)16-22-11-26(23-7-8-23)27-17-35(40(36,37)28(27)12-22)25-6-3-5-24(13-25)30(18-38-19-30)14-29-32-31-20-33(29)2/h3,5-6,11-13,20-21,23H,4,7-10,14-19H2,1-2H3/t21-/m1/s1. The number of hydrogen-bond donors (Lipinski definition) is 0. The Balaban J connectivity index is 1.21. The molecule has 2 aromatic carbocycles. The van der Waals surface area contributed by atoms with Gasteiger partial charge in [0.2, 0.25) is 0 Å². The number of sulfonamides is 1. The first-order valence-corrected chi connectivity index (χ1v) is 16.8. The fourth-order valence-corrected chi connectivity index (χ4v) is 9.25. The second kappa shape index (κ2) is 10.2. The van der Waals surface area contributed by atoms with Gasteiger partial charge in [0, 0.05) is 37.2 Å². The lowest BCUT2D eigenvalue weighted by Gasteiger charge is -2.42. The summed E-state index contributed by atoms with van der Waals surface area (Å²) in [6.07, 6.45) is 5.88. The predicted molar refractivity (Wildman–Crippen MR) is 157 cm³/mol. The van der Waals surface area contributed by atoms with Crippen molar-refractivity contribution in [3.05, 3.63) is 70.8 Å². The van der Waals surface area contributed by atoms with E-state index in [9.17, 15) is 8.42 Å². The minimum absolute atomic E-state index is 0.234. The molecule has 0 N–H and O–H groups in total. The van der Waals surface area contributed by atoms with Gasteiger partial charge in [-0.3, -0.25) is 9.21 Å². The molecule has 0 amide bonds. The summed E-state index contributed by atoms with van der Waals surface area (Å²) in [5.41, 5.74) is 4.95. The summed E-state index contributed by atoms with van der Waals surface area (Å²) in [5.74, 6) is 2.58. The van der Waals surface area contributed by atoms with E-state index in [4.69, 9.17) is 4.74 Å². The number of nitrogens with zero attached hydrogens (tertiary/aromatic N) is 5. The van der Waals surface area contributed by atoms with Crippen LogP contribution in [0.2, 0.25) is 0 Å². The van der Waals surface area contributed by atoms with Gasteiger partial charge < -0.3 is 9.30 Å². The number of fused-ring (bicyclic) bond motifs is 1. The molecule has 3 aromatic rings. The average Bonchev–Trinajstić information content (AvgIpc) is 3.66. The quantitative estimate of drug-likeness (QED) is 0.414. The number of benzene rings is 2. The Morgan fingerprint density at radius 3 is 2.75 bits per heavy atom. The number of thioether (sulfide) groups is 1. The summed E-state index contributed by atoms with van der Waals surface area (Å²) in [6, 6.07) is 12.3. The lowest BCUT2D eigenvalue weighted by Crippen LogP contribution is -2.49.